The van der Waals surface area contributed by atoms with E-state index in [1.54, 1.807) is 17.5 Å². The zero-order chi connectivity index (χ0) is 11.2. The Morgan fingerprint density at radius 2 is 1.94 bits per heavy atom. The predicted molar refractivity (Wildman–Crippen MR) is 70.1 cm³/mol. The molecular formula is C12H19ClN2S. The highest BCUT2D eigenvalue weighted by Crippen LogP contribution is 2.20. The fourth-order valence-corrected chi connectivity index (χ4v) is 3.17. The Morgan fingerprint density at radius 3 is 2.56 bits per heavy atom. The summed E-state index contributed by atoms with van der Waals surface area (Å²) >= 11 is 7.44. The standard InChI is InChI=1S/C12H19ClN2S/c13-11-8-15-12(16-11)9-14-10-6-4-2-1-3-5-7-10/h8,10,14H,1-7,9H2. The second-order valence-electron chi connectivity index (χ2n) is 4.48. The van der Waals surface area contributed by atoms with Crippen LogP contribution in [0.1, 0.15) is 50.0 Å². The van der Waals surface area contributed by atoms with Crippen molar-refractivity contribution in [3.63, 3.8) is 0 Å². The van der Waals surface area contributed by atoms with Crippen LogP contribution in [0.5, 0.6) is 0 Å². The Labute approximate surface area is 106 Å². The Bertz CT molecular complexity index is 306. The molecule has 1 aliphatic carbocycles. The third kappa shape index (κ3) is 4.04. The summed E-state index contributed by atoms with van der Waals surface area (Å²) in [5.74, 6) is 0. The second kappa shape index (κ2) is 6.58. The average molecular weight is 259 g/mol. The molecule has 1 fully saturated rings. The monoisotopic (exact) mass is 258 g/mol. The van der Waals surface area contributed by atoms with Crippen molar-refractivity contribution in [2.45, 2.75) is 57.5 Å². The minimum atomic E-state index is 0.683. The maximum atomic E-state index is 5.86. The Kier molecular flexibility index (Phi) is 5.07. The summed E-state index contributed by atoms with van der Waals surface area (Å²) in [5, 5.41) is 4.71. The number of nitrogens with zero attached hydrogens (tertiary/aromatic N) is 1. The average Bonchev–Trinajstić information content (AvgIpc) is 2.63. The van der Waals surface area contributed by atoms with E-state index in [0.29, 0.717) is 6.04 Å². The highest BCUT2D eigenvalue weighted by molar-refractivity contribution is 7.15. The van der Waals surface area contributed by atoms with Gasteiger partial charge >= 0.3 is 0 Å². The summed E-state index contributed by atoms with van der Waals surface area (Å²) in [6, 6.07) is 0.683. The fourth-order valence-electron chi connectivity index (χ4n) is 2.26. The van der Waals surface area contributed by atoms with Crippen molar-refractivity contribution in [1.29, 1.82) is 0 Å². The minimum absolute atomic E-state index is 0.683. The third-order valence-corrected chi connectivity index (χ3v) is 4.29. The van der Waals surface area contributed by atoms with Crippen LogP contribution in [-0.2, 0) is 6.54 Å². The van der Waals surface area contributed by atoms with E-state index in [1.165, 1.54) is 44.9 Å². The topological polar surface area (TPSA) is 24.9 Å². The van der Waals surface area contributed by atoms with E-state index >= 15 is 0 Å². The van der Waals surface area contributed by atoms with Crippen LogP contribution in [0.4, 0.5) is 0 Å². The minimum Gasteiger partial charge on any atom is -0.308 e. The van der Waals surface area contributed by atoms with Gasteiger partial charge in [-0.15, -0.1) is 11.3 Å². The molecule has 0 unspecified atom stereocenters. The first-order valence-corrected chi connectivity index (χ1v) is 7.37. The normalized spacial score (nSPS) is 19.3. The molecule has 0 aliphatic heterocycles. The molecule has 1 aromatic rings. The van der Waals surface area contributed by atoms with E-state index < -0.39 is 0 Å². The van der Waals surface area contributed by atoms with Crippen molar-refractivity contribution in [2.75, 3.05) is 0 Å². The zero-order valence-electron chi connectivity index (χ0n) is 9.54. The molecular weight excluding hydrogens is 240 g/mol. The number of hydrogen-bond donors (Lipinski definition) is 1. The zero-order valence-corrected chi connectivity index (χ0v) is 11.1. The molecule has 0 radical (unpaired) electrons. The molecule has 4 heteroatoms. The van der Waals surface area contributed by atoms with Gasteiger partial charge in [0.2, 0.25) is 0 Å². The van der Waals surface area contributed by atoms with Crippen LogP contribution in [0.15, 0.2) is 6.20 Å². The van der Waals surface area contributed by atoms with Crippen molar-refractivity contribution >= 4 is 22.9 Å². The number of halogens is 1. The first-order valence-electron chi connectivity index (χ1n) is 6.18. The molecule has 16 heavy (non-hydrogen) atoms. The molecule has 1 heterocycles. The van der Waals surface area contributed by atoms with Crippen LogP contribution >= 0.6 is 22.9 Å². The first-order chi connectivity index (χ1) is 7.84. The van der Waals surface area contributed by atoms with E-state index in [9.17, 15) is 0 Å². The highest BCUT2D eigenvalue weighted by atomic mass is 35.5. The molecule has 0 saturated heterocycles. The number of thiazole rings is 1. The number of hydrogen-bond acceptors (Lipinski definition) is 3. The van der Waals surface area contributed by atoms with Gasteiger partial charge in [-0.2, -0.15) is 0 Å². The van der Waals surface area contributed by atoms with Crippen LogP contribution in [0.3, 0.4) is 0 Å². The van der Waals surface area contributed by atoms with E-state index in [1.807, 2.05) is 0 Å². The van der Waals surface area contributed by atoms with Gasteiger partial charge in [0.15, 0.2) is 0 Å². The molecule has 1 aliphatic rings. The van der Waals surface area contributed by atoms with Gasteiger partial charge in [0, 0.05) is 12.6 Å². The number of nitrogens with one attached hydrogen (secondary N) is 1. The van der Waals surface area contributed by atoms with Gasteiger partial charge in [-0.05, 0) is 12.8 Å². The van der Waals surface area contributed by atoms with E-state index in [4.69, 9.17) is 11.6 Å². The molecule has 0 spiro atoms. The van der Waals surface area contributed by atoms with Gasteiger partial charge in [0.1, 0.15) is 9.34 Å². The van der Waals surface area contributed by atoms with Crippen LogP contribution in [0.2, 0.25) is 4.34 Å². The Balaban J connectivity index is 1.75. The van der Waals surface area contributed by atoms with Crippen molar-refractivity contribution in [3.05, 3.63) is 15.5 Å². The Morgan fingerprint density at radius 1 is 1.25 bits per heavy atom. The summed E-state index contributed by atoms with van der Waals surface area (Å²) in [5.41, 5.74) is 0. The van der Waals surface area contributed by atoms with Gasteiger partial charge in [0.25, 0.3) is 0 Å². The lowest BCUT2D eigenvalue weighted by Gasteiger charge is -2.20. The maximum absolute atomic E-state index is 5.86. The van der Waals surface area contributed by atoms with E-state index in [-0.39, 0.29) is 0 Å². The van der Waals surface area contributed by atoms with Gasteiger partial charge in [-0.1, -0.05) is 43.7 Å². The molecule has 0 amide bonds. The molecule has 90 valence electrons. The third-order valence-electron chi connectivity index (χ3n) is 3.17. The van der Waals surface area contributed by atoms with Crippen LogP contribution in [0, 0.1) is 0 Å². The predicted octanol–water partition coefficient (Wildman–Crippen LogP) is 4.00. The second-order valence-corrected chi connectivity index (χ2v) is 6.23. The van der Waals surface area contributed by atoms with Crippen molar-refractivity contribution in [1.82, 2.24) is 10.3 Å². The van der Waals surface area contributed by atoms with Crippen molar-refractivity contribution < 1.29 is 0 Å². The van der Waals surface area contributed by atoms with Crippen molar-refractivity contribution in [3.8, 4) is 0 Å². The molecule has 1 saturated carbocycles. The lowest BCUT2D eigenvalue weighted by atomic mass is 9.97. The van der Waals surface area contributed by atoms with Gasteiger partial charge < -0.3 is 5.32 Å². The molecule has 0 aromatic carbocycles. The molecule has 0 bridgehead atoms. The van der Waals surface area contributed by atoms with Gasteiger partial charge in [-0.3, -0.25) is 0 Å². The highest BCUT2D eigenvalue weighted by Gasteiger charge is 2.11. The quantitative estimate of drug-likeness (QED) is 0.887. The molecule has 1 aromatic heterocycles. The smallest absolute Gasteiger partial charge is 0.113 e. The van der Waals surface area contributed by atoms with Crippen LogP contribution < -0.4 is 5.32 Å². The molecule has 2 rings (SSSR count). The lowest BCUT2D eigenvalue weighted by molar-refractivity contribution is 0.389. The van der Waals surface area contributed by atoms with Crippen LogP contribution in [0.25, 0.3) is 0 Å². The number of aromatic nitrogens is 1. The number of rotatable bonds is 3. The lowest BCUT2D eigenvalue weighted by Crippen LogP contribution is -2.29. The fraction of sp³-hybridized carbons (Fsp3) is 0.750. The SMILES string of the molecule is Clc1cnc(CNC2CCCCCCC2)s1. The summed E-state index contributed by atoms with van der Waals surface area (Å²) in [6.45, 7) is 0.877. The summed E-state index contributed by atoms with van der Waals surface area (Å²) in [7, 11) is 0. The van der Waals surface area contributed by atoms with Gasteiger partial charge in [0.05, 0.1) is 6.20 Å². The van der Waals surface area contributed by atoms with E-state index in [2.05, 4.69) is 10.3 Å². The summed E-state index contributed by atoms with van der Waals surface area (Å²) in [6.07, 6.45) is 11.4. The van der Waals surface area contributed by atoms with E-state index in [0.717, 1.165) is 15.9 Å². The molecule has 2 nitrogen and oxygen atoms in total. The summed E-state index contributed by atoms with van der Waals surface area (Å²) in [4.78, 5) is 4.27. The molecule has 0 atom stereocenters. The van der Waals surface area contributed by atoms with Gasteiger partial charge in [-0.25, -0.2) is 4.98 Å². The first kappa shape index (κ1) is 12.3. The maximum Gasteiger partial charge on any atom is 0.113 e. The van der Waals surface area contributed by atoms with Crippen LogP contribution in [-0.4, -0.2) is 11.0 Å². The molecule has 1 N–H and O–H groups in total. The van der Waals surface area contributed by atoms with Crippen molar-refractivity contribution in [2.24, 2.45) is 0 Å². The summed E-state index contributed by atoms with van der Waals surface area (Å²) < 4.78 is 0.787. The largest absolute Gasteiger partial charge is 0.308 e. The Hall–Kier alpha value is -0.120.